The minimum atomic E-state index is -3.65. The van der Waals surface area contributed by atoms with Crippen LogP contribution in [-0.4, -0.2) is 15.5 Å². The van der Waals surface area contributed by atoms with E-state index in [-0.39, 0.29) is 4.90 Å². The van der Waals surface area contributed by atoms with Crippen LogP contribution in [0, 0.1) is 13.8 Å². The van der Waals surface area contributed by atoms with Crippen LogP contribution < -0.4 is 9.88 Å². The summed E-state index contributed by atoms with van der Waals surface area (Å²) in [6, 6.07) is 2.96. The maximum absolute atomic E-state index is 11.1. The second kappa shape index (κ2) is 3.59. The van der Waals surface area contributed by atoms with E-state index in [1.165, 1.54) is 19.2 Å². The van der Waals surface area contributed by atoms with Gasteiger partial charge in [-0.3, -0.25) is 0 Å². The summed E-state index contributed by atoms with van der Waals surface area (Å²) in [6.07, 6.45) is 0. The molecule has 1 rings (SSSR count). The van der Waals surface area contributed by atoms with E-state index in [0.29, 0.717) is 5.75 Å². The lowest BCUT2D eigenvalue weighted by Gasteiger charge is -2.09. The third kappa shape index (κ3) is 2.05. The van der Waals surface area contributed by atoms with Gasteiger partial charge in [0.05, 0.1) is 12.0 Å². The van der Waals surface area contributed by atoms with E-state index in [9.17, 15) is 8.42 Å². The van der Waals surface area contributed by atoms with E-state index >= 15 is 0 Å². The molecule has 0 aliphatic rings. The van der Waals surface area contributed by atoms with Gasteiger partial charge in [0.25, 0.3) is 0 Å². The van der Waals surface area contributed by atoms with Crippen molar-refractivity contribution < 1.29 is 13.2 Å². The number of aryl methyl sites for hydroxylation is 1. The average Bonchev–Trinajstić information content (AvgIpc) is 2.07. The van der Waals surface area contributed by atoms with Crippen molar-refractivity contribution in [2.24, 2.45) is 5.14 Å². The van der Waals surface area contributed by atoms with Gasteiger partial charge in [0, 0.05) is 6.07 Å². The fourth-order valence-corrected chi connectivity index (χ4v) is 1.78. The lowest BCUT2D eigenvalue weighted by Crippen LogP contribution is -2.12. The monoisotopic (exact) mass is 215 g/mol. The Morgan fingerprint density at radius 2 is 1.86 bits per heavy atom. The fourth-order valence-electron chi connectivity index (χ4n) is 1.17. The molecule has 0 aliphatic carbocycles. The Balaban J connectivity index is 3.46. The normalized spacial score (nSPS) is 11.4. The molecule has 0 spiro atoms. The molecule has 0 bridgehead atoms. The first kappa shape index (κ1) is 11.0. The van der Waals surface area contributed by atoms with E-state index in [2.05, 4.69) is 0 Å². The topological polar surface area (TPSA) is 69.4 Å². The Labute approximate surface area is 83.7 Å². The van der Waals surface area contributed by atoms with Gasteiger partial charge in [-0.15, -0.1) is 0 Å². The molecule has 0 atom stereocenters. The Hall–Kier alpha value is -1.07. The Kier molecular flexibility index (Phi) is 2.82. The van der Waals surface area contributed by atoms with Crippen LogP contribution in [0.25, 0.3) is 0 Å². The first-order valence-corrected chi connectivity index (χ1v) is 5.59. The van der Waals surface area contributed by atoms with Crippen LogP contribution in [0.3, 0.4) is 0 Å². The first-order chi connectivity index (χ1) is 6.36. The zero-order chi connectivity index (χ0) is 10.9. The number of ether oxygens (including phenoxy) is 1. The van der Waals surface area contributed by atoms with Crippen LogP contribution in [-0.2, 0) is 10.0 Å². The molecule has 78 valence electrons. The van der Waals surface area contributed by atoms with E-state index in [4.69, 9.17) is 9.88 Å². The van der Waals surface area contributed by atoms with Crippen LogP contribution >= 0.6 is 0 Å². The van der Waals surface area contributed by atoms with Crippen molar-refractivity contribution >= 4 is 10.0 Å². The molecule has 0 amide bonds. The van der Waals surface area contributed by atoms with Crippen molar-refractivity contribution in [2.75, 3.05) is 7.11 Å². The van der Waals surface area contributed by atoms with Crippen LogP contribution in [0.5, 0.6) is 5.75 Å². The van der Waals surface area contributed by atoms with E-state index < -0.39 is 10.0 Å². The summed E-state index contributed by atoms with van der Waals surface area (Å²) in [7, 11) is -2.16. The molecular weight excluding hydrogens is 202 g/mol. The summed E-state index contributed by atoms with van der Waals surface area (Å²) >= 11 is 0. The molecule has 4 nitrogen and oxygen atoms in total. The Morgan fingerprint density at radius 3 is 2.29 bits per heavy atom. The molecule has 1 aromatic carbocycles. The zero-order valence-corrected chi connectivity index (χ0v) is 9.18. The molecule has 0 saturated heterocycles. The van der Waals surface area contributed by atoms with Gasteiger partial charge in [0.15, 0.2) is 0 Å². The molecule has 2 N–H and O–H groups in total. The standard InChI is InChI=1S/C9H13NO3S/c1-6-4-8(14(10,11)12)5-9(13-3)7(6)2/h4-5H,1-3H3,(H2,10,11,12). The molecular formula is C9H13NO3S. The zero-order valence-electron chi connectivity index (χ0n) is 8.37. The number of benzene rings is 1. The quantitative estimate of drug-likeness (QED) is 0.798. The smallest absolute Gasteiger partial charge is 0.238 e. The lowest BCUT2D eigenvalue weighted by atomic mass is 10.1. The van der Waals surface area contributed by atoms with Crippen LogP contribution in [0.4, 0.5) is 0 Å². The minimum absolute atomic E-state index is 0.0810. The van der Waals surface area contributed by atoms with Gasteiger partial charge in [-0.25, -0.2) is 13.6 Å². The van der Waals surface area contributed by atoms with Gasteiger partial charge < -0.3 is 4.74 Å². The minimum Gasteiger partial charge on any atom is -0.496 e. The molecule has 5 heteroatoms. The van der Waals surface area contributed by atoms with Gasteiger partial charge >= 0.3 is 0 Å². The van der Waals surface area contributed by atoms with Crippen LogP contribution in [0.1, 0.15) is 11.1 Å². The lowest BCUT2D eigenvalue weighted by molar-refractivity contribution is 0.410. The maximum Gasteiger partial charge on any atom is 0.238 e. The van der Waals surface area contributed by atoms with E-state index in [0.717, 1.165) is 11.1 Å². The Bertz CT molecular complexity index is 451. The number of hydrogen-bond acceptors (Lipinski definition) is 3. The number of sulfonamides is 1. The second-order valence-corrected chi connectivity index (χ2v) is 4.67. The molecule has 1 aromatic rings. The number of hydrogen-bond donors (Lipinski definition) is 1. The van der Waals surface area contributed by atoms with Gasteiger partial charge in [-0.1, -0.05) is 0 Å². The summed E-state index contributed by atoms with van der Waals surface area (Å²) in [5.41, 5.74) is 1.76. The molecule has 14 heavy (non-hydrogen) atoms. The molecule has 0 aromatic heterocycles. The first-order valence-electron chi connectivity index (χ1n) is 4.04. The van der Waals surface area contributed by atoms with Gasteiger partial charge in [-0.2, -0.15) is 0 Å². The van der Waals surface area contributed by atoms with Gasteiger partial charge in [0.1, 0.15) is 5.75 Å². The van der Waals surface area contributed by atoms with Crippen molar-refractivity contribution in [3.63, 3.8) is 0 Å². The van der Waals surface area contributed by atoms with Gasteiger partial charge in [0.2, 0.25) is 10.0 Å². The summed E-state index contributed by atoms with van der Waals surface area (Å²) in [4.78, 5) is 0.0810. The summed E-state index contributed by atoms with van der Waals surface area (Å²) < 4.78 is 27.2. The summed E-state index contributed by atoms with van der Waals surface area (Å²) in [5.74, 6) is 0.536. The predicted molar refractivity (Wildman–Crippen MR) is 53.8 cm³/mol. The number of nitrogens with two attached hydrogens (primary N) is 1. The second-order valence-electron chi connectivity index (χ2n) is 3.11. The summed E-state index contributed by atoms with van der Waals surface area (Å²) in [6.45, 7) is 3.67. The largest absolute Gasteiger partial charge is 0.496 e. The van der Waals surface area contributed by atoms with Gasteiger partial charge in [-0.05, 0) is 31.0 Å². The SMILES string of the molecule is COc1cc(S(N)(=O)=O)cc(C)c1C. The van der Waals surface area contributed by atoms with Crippen molar-refractivity contribution in [2.45, 2.75) is 18.7 Å². The number of rotatable bonds is 2. The highest BCUT2D eigenvalue weighted by Crippen LogP contribution is 2.24. The molecule has 0 aliphatic heterocycles. The summed E-state index contributed by atoms with van der Waals surface area (Å²) in [5, 5.41) is 5.02. The van der Waals surface area contributed by atoms with Crippen LogP contribution in [0.2, 0.25) is 0 Å². The van der Waals surface area contributed by atoms with E-state index in [1.54, 1.807) is 0 Å². The fraction of sp³-hybridized carbons (Fsp3) is 0.333. The molecule has 0 fully saturated rings. The number of primary sulfonamides is 1. The highest BCUT2D eigenvalue weighted by molar-refractivity contribution is 7.89. The maximum atomic E-state index is 11.1. The third-order valence-corrected chi connectivity index (χ3v) is 3.03. The molecule has 0 unspecified atom stereocenters. The third-order valence-electron chi connectivity index (χ3n) is 2.14. The van der Waals surface area contributed by atoms with Crippen molar-refractivity contribution in [1.82, 2.24) is 0 Å². The van der Waals surface area contributed by atoms with Crippen molar-refractivity contribution in [3.05, 3.63) is 23.3 Å². The predicted octanol–water partition coefficient (Wildman–Crippen LogP) is 0.959. The Morgan fingerprint density at radius 1 is 1.29 bits per heavy atom. The molecule has 0 saturated carbocycles. The van der Waals surface area contributed by atoms with E-state index in [1.807, 2.05) is 13.8 Å². The number of methoxy groups -OCH3 is 1. The van der Waals surface area contributed by atoms with Crippen molar-refractivity contribution in [3.8, 4) is 5.75 Å². The average molecular weight is 215 g/mol. The molecule has 0 radical (unpaired) electrons. The highest BCUT2D eigenvalue weighted by atomic mass is 32.2. The molecule has 0 heterocycles. The van der Waals surface area contributed by atoms with Crippen molar-refractivity contribution in [1.29, 1.82) is 0 Å². The highest BCUT2D eigenvalue weighted by Gasteiger charge is 2.12. The van der Waals surface area contributed by atoms with Crippen LogP contribution in [0.15, 0.2) is 17.0 Å².